The number of hydrogen-bond donors (Lipinski definition) is 0. The summed E-state index contributed by atoms with van der Waals surface area (Å²) in [6, 6.07) is 14.9. The molecule has 0 spiro atoms. The number of benzene rings is 2. The van der Waals surface area contributed by atoms with Crippen LogP contribution in [0, 0.1) is 0 Å². The first-order valence-corrected chi connectivity index (χ1v) is 9.59. The van der Waals surface area contributed by atoms with E-state index in [1.54, 1.807) is 24.3 Å². The molecule has 0 saturated carbocycles. The lowest BCUT2D eigenvalue weighted by atomic mass is 10.1. The number of carbonyl (C=O) groups is 1. The Balaban J connectivity index is 1.86. The molecule has 120 valence electrons. The van der Waals surface area contributed by atoms with Gasteiger partial charge >= 0.3 is 0 Å². The second-order valence-corrected chi connectivity index (χ2v) is 8.26. The van der Waals surface area contributed by atoms with Gasteiger partial charge in [0.25, 0.3) is 5.91 Å². The van der Waals surface area contributed by atoms with Crippen molar-refractivity contribution in [1.29, 1.82) is 0 Å². The smallest absolute Gasteiger partial charge is 0.258 e. The number of sulfone groups is 1. The van der Waals surface area contributed by atoms with Crippen molar-refractivity contribution in [3.05, 3.63) is 65.2 Å². The first-order valence-electron chi connectivity index (χ1n) is 7.53. The maximum absolute atomic E-state index is 12.8. The second-order valence-electron chi connectivity index (χ2n) is 6.12. The number of nitrogens with zero attached hydrogens (tertiary/aromatic N) is 1. The first-order chi connectivity index (χ1) is 10.8. The summed E-state index contributed by atoms with van der Waals surface area (Å²) >= 11 is 0. The SMILES string of the molecule is CC1Cc2ccccc2N1C(=O)c1ccc(CS(C)(=O)=O)cc1. The fourth-order valence-electron chi connectivity index (χ4n) is 3.06. The summed E-state index contributed by atoms with van der Waals surface area (Å²) in [6.07, 6.45) is 2.06. The summed E-state index contributed by atoms with van der Waals surface area (Å²) in [6.45, 7) is 2.04. The van der Waals surface area contributed by atoms with Crippen LogP contribution < -0.4 is 4.90 Å². The predicted molar refractivity (Wildman–Crippen MR) is 91.4 cm³/mol. The van der Waals surface area contributed by atoms with Crippen LogP contribution >= 0.6 is 0 Å². The summed E-state index contributed by atoms with van der Waals surface area (Å²) in [5.74, 6) is -0.0573. The zero-order valence-electron chi connectivity index (χ0n) is 13.2. The fraction of sp³-hybridized carbons (Fsp3) is 0.278. The number of para-hydroxylation sites is 1. The minimum Gasteiger partial charge on any atom is -0.305 e. The van der Waals surface area contributed by atoms with E-state index in [0.29, 0.717) is 11.1 Å². The average Bonchev–Trinajstić information content (AvgIpc) is 2.81. The predicted octanol–water partition coefficient (Wildman–Crippen LogP) is 2.82. The molecular formula is C18H19NO3S. The third-order valence-corrected chi connectivity index (χ3v) is 4.91. The molecule has 0 aliphatic carbocycles. The summed E-state index contributed by atoms with van der Waals surface area (Å²) in [7, 11) is -3.07. The lowest BCUT2D eigenvalue weighted by molar-refractivity contribution is 0.0981. The number of anilines is 1. The Bertz CT molecular complexity index is 841. The van der Waals surface area contributed by atoms with Crippen molar-refractivity contribution in [2.45, 2.75) is 25.1 Å². The van der Waals surface area contributed by atoms with E-state index in [2.05, 4.69) is 0 Å². The van der Waals surface area contributed by atoms with Crippen LogP contribution in [0.15, 0.2) is 48.5 Å². The van der Waals surface area contributed by atoms with Gasteiger partial charge in [-0.15, -0.1) is 0 Å². The maximum Gasteiger partial charge on any atom is 0.258 e. The number of hydrogen-bond acceptors (Lipinski definition) is 3. The van der Waals surface area contributed by atoms with Crippen molar-refractivity contribution in [1.82, 2.24) is 0 Å². The van der Waals surface area contributed by atoms with Gasteiger partial charge in [-0.05, 0) is 42.7 Å². The molecule has 1 atom stereocenters. The Morgan fingerprint density at radius 2 is 1.78 bits per heavy atom. The van der Waals surface area contributed by atoms with Crippen LogP contribution in [0.5, 0.6) is 0 Å². The van der Waals surface area contributed by atoms with Crippen LogP contribution in [0.25, 0.3) is 0 Å². The third kappa shape index (κ3) is 3.29. The highest BCUT2D eigenvalue weighted by atomic mass is 32.2. The Morgan fingerprint density at radius 1 is 1.13 bits per heavy atom. The van der Waals surface area contributed by atoms with E-state index in [0.717, 1.165) is 12.1 Å². The number of amides is 1. The highest BCUT2D eigenvalue weighted by Gasteiger charge is 2.31. The van der Waals surface area contributed by atoms with Gasteiger partial charge in [0.2, 0.25) is 0 Å². The Morgan fingerprint density at radius 3 is 2.43 bits per heavy atom. The molecule has 0 radical (unpaired) electrons. The lowest BCUT2D eigenvalue weighted by Gasteiger charge is -2.23. The topological polar surface area (TPSA) is 54.5 Å². The molecule has 23 heavy (non-hydrogen) atoms. The van der Waals surface area contributed by atoms with Crippen LogP contribution in [0.4, 0.5) is 5.69 Å². The van der Waals surface area contributed by atoms with Gasteiger partial charge in [0.15, 0.2) is 9.84 Å². The largest absolute Gasteiger partial charge is 0.305 e. The first kappa shape index (κ1) is 15.7. The van der Waals surface area contributed by atoms with Gasteiger partial charge in [0.1, 0.15) is 0 Å². The van der Waals surface area contributed by atoms with Crippen LogP contribution in [-0.4, -0.2) is 26.6 Å². The summed E-state index contributed by atoms with van der Waals surface area (Å²) in [4.78, 5) is 14.6. The van der Waals surface area contributed by atoms with Crippen molar-refractivity contribution in [3.63, 3.8) is 0 Å². The zero-order chi connectivity index (χ0) is 16.6. The number of fused-ring (bicyclic) bond motifs is 1. The monoisotopic (exact) mass is 329 g/mol. The molecular weight excluding hydrogens is 310 g/mol. The Kier molecular flexibility index (Phi) is 3.98. The summed E-state index contributed by atoms with van der Waals surface area (Å²) in [5.41, 5.74) is 3.41. The Labute approximate surface area is 136 Å². The van der Waals surface area contributed by atoms with Crippen LogP contribution in [0.1, 0.15) is 28.4 Å². The highest BCUT2D eigenvalue weighted by Crippen LogP contribution is 2.33. The fourth-order valence-corrected chi connectivity index (χ4v) is 3.86. The van der Waals surface area contributed by atoms with Crippen molar-refractivity contribution >= 4 is 21.4 Å². The van der Waals surface area contributed by atoms with E-state index in [1.165, 1.54) is 11.8 Å². The maximum atomic E-state index is 12.8. The molecule has 1 amide bonds. The summed E-state index contributed by atoms with van der Waals surface area (Å²) in [5, 5.41) is 0. The molecule has 0 saturated heterocycles. The Hall–Kier alpha value is -2.14. The molecule has 3 rings (SSSR count). The van der Waals surface area contributed by atoms with Crippen LogP contribution in [0.2, 0.25) is 0 Å². The minimum absolute atomic E-state index is 0.00950. The molecule has 2 aromatic carbocycles. The molecule has 1 aliphatic rings. The van der Waals surface area contributed by atoms with E-state index < -0.39 is 9.84 Å². The second kappa shape index (κ2) is 5.81. The van der Waals surface area contributed by atoms with Crippen LogP contribution in [0.3, 0.4) is 0 Å². The standard InChI is InChI=1S/C18H19NO3S/c1-13-11-16-5-3-4-6-17(16)19(13)18(20)15-9-7-14(8-10-15)12-23(2,21)22/h3-10,13H,11-12H2,1-2H3. The van der Waals surface area contributed by atoms with Crippen molar-refractivity contribution < 1.29 is 13.2 Å². The normalized spacial score (nSPS) is 17.1. The van der Waals surface area contributed by atoms with Gasteiger partial charge in [0.05, 0.1) is 5.75 Å². The lowest BCUT2D eigenvalue weighted by Crippen LogP contribution is -2.35. The highest BCUT2D eigenvalue weighted by molar-refractivity contribution is 7.89. The molecule has 2 aromatic rings. The number of carbonyl (C=O) groups excluding carboxylic acids is 1. The molecule has 1 heterocycles. The quantitative estimate of drug-likeness (QED) is 0.870. The zero-order valence-corrected chi connectivity index (χ0v) is 14.0. The van der Waals surface area contributed by atoms with E-state index >= 15 is 0 Å². The number of rotatable bonds is 3. The molecule has 1 aliphatic heterocycles. The van der Waals surface area contributed by atoms with Gasteiger partial charge in [0, 0.05) is 23.5 Å². The van der Waals surface area contributed by atoms with Crippen molar-refractivity contribution in [2.24, 2.45) is 0 Å². The molecule has 0 N–H and O–H groups in total. The van der Waals surface area contributed by atoms with E-state index in [9.17, 15) is 13.2 Å². The molecule has 0 bridgehead atoms. The molecule has 5 heteroatoms. The third-order valence-electron chi connectivity index (χ3n) is 4.06. The van der Waals surface area contributed by atoms with E-state index in [4.69, 9.17) is 0 Å². The van der Waals surface area contributed by atoms with Gasteiger partial charge in [-0.3, -0.25) is 4.79 Å². The van der Waals surface area contributed by atoms with E-state index in [-0.39, 0.29) is 17.7 Å². The minimum atomic E-state index is -3.07. The van der Waals surface area contributed by atoms with Gasteiger partial charge in [-0.2, -0.15) is 0 Å². The molecule has 0 aromatic heterocycles. The van der Waals surface area contributed by atoms with Gasteiger partial charge < -0.3 is 4.90 Å². The van der Waals surface area contributed by atoms with Gasteiger partial charge in [-0.25, -0.2) is 8.42 Å². The summed E-state index contributed by atoms with van der Waals surface area (Å²) < 4.78 is 22.7. The van der Waals surface area contributed by atoms with Crippen LogP contribution in [-0.2, 0) is 22.0 Å². The van der Waals surface area contributed by atoms with Crippen molar-refractivity contribution in [3.8, 4) is 0 Å². The van der Waals surface area contributed by atoms with E-state index in [1.807, 2.05) is 36.1 Å². The average molecular weight is 329 g/mol. The molecule has 0 fully saturated rings. The van der Waals surface area contributed by atoms with Crippen molar-refractivity contribution in [2.75, 3.05) is 11.2 Å². The molecule has 4 nitrogen and oxygen atoms in total. The molecule has 1 unspecified atom stereocenters. The van der Waals surface area contributed by atoms with Gasteiger partial charge in [-0.1, -0.05) is 30.3 Å².